The first kappa shape index (κ1) is 17.4. The Balaban J connectivity index is 1.88. The van der Waals surface area contributed by atoms with Gasteiger partial charge >= 0.3 is 5.63 Å². The first-order valence-electron chi connectivity index (χ1n) is 7.28. The van der Waals surface area contributed by atoms with Crippen LogP contribution in [0.3, 0.4) is 0 Å². The number of carbonyl (C=O) groups is 1. The molecule has 1 aromatic heterocycles. The lowest BCUT2D eigenvalue weighted by Crippen LogP contribution is -2.21. The summed E-state index contributed by atoms with van der Waals surface area (Å²) in [4.78, 5) is 24.2. The number of hydrazone groups is 1. The van der Waals surface area contributed by atoms with E-state index in [2.05, 4.69) is 26.5 Å². The highest BCUT2D eigenvalue weighted by molar-refractivity contribution is 9.10. The summed E-state index contributed by atoms with van der Waals surface area (Å²) in [7, 11) is 0. The van der Waals surface area contributed by atoms with Crippen molar-refractivity contribution in [2.24, 2.45) is 5.10 Å². The predicted octanol–water partition coefficient (Wildman–Crippen LogP) is 4.36. The third-order valence-corrected chi connectivity index (χ3v) is 4.26. The van der Waals surface area contributed by atoms with Gasteiger partial charge in [0.1, 0.15) is 5.58 Å². The van der Waals surface area contributed by atoms with Gasteiger partial charge in [-0.2, -0.15) is 5.10 Å². The molecule has 0 spiro atoms. The molecule has 0 saturated carbocycles. The molecule has 0 aliphatic rings. The highest BCUT2D eigenvalue weighted by Crippen LogP contribution is 2.19. The summed E-state index contributed by atoms with van der Waals surface area (Å²) in [5.41, 5.74) is 3.42. The molecule has 0 aliphatic carbocycles. The molecule has 3 rings (SSSR count). The van der Waals surface area contributed by atoms with Crippen LogP contribution in [-0.4, -0.2) is 11.6 Å². The Labute approximate surface area is 156 Å². The van der Waals surface area contributed by atoms with E-state index in [1.54, 1.807) is 49.4 Å². The lowest BCUT2D eigenvalue weighted by atomic mass is 10.1. The number of nitrogens with one attached hydrogen (secondary N) is 1. The Morgan fingerprint density at radius 1 is 1.16 bits per heavy atom. The number of nitrogens with zero attached hydrogens (tertiary/aromatic N) is 1. The molecule has 0 saturated heterocycles. The van der Waals surface area contributed by atoms with E-state index in [4.69, 9.17) is 16.0 Å². The molecule has 126 valence electrons. The van der Waals surface area contributed by atoms with Crippen LogP contribution in [0.2, 0.25) is 5.02 Å². The van der Waals surface area contributed by atoms with Gasteiger partial charge in [-0.05, 0) is 55.5 Å². The molecule has 25 heavy (non-hydrogen) atoms. The van der Waals surface area contributed by atoms with Crippen molar-refractivity contribution in [2.45, 2.75) is 6.92 Å². The highest BCUT2D eigenvalue weighted by Gasteiger charge is 2.10. The maximum absolute atomic E-state index is 12.1. The Morgan fingerprint density at radius 2 is 1.88 bits per heavy atom. The van der Waals surface area contributed by atoms with E-state index >= 15 is 0 Å². The lowest BCUT2D eigenvalue weighted by molar-refractivity contribution is 0.0955. The van der Waals surface area contributed by atoms with Crippen molar-refractivity contribution >= 4 is 50.1 Å². The van der Waals surface area contributed by atoms with Gasteiger partial charge in [-0.1, -0.05) is 27.5 Å². The second-order valence-corrected chi connectivity index (χ2v) is 6.63. The molecular formula is C18H12BrClN2O3. The molecule has 5 nitrogen and oxygen atoms in total. The molecule has 1 heterocycles. The maximum Gasteiger partial charge on any atom is 0.345 e. The first-order chi connectivity index (χ1) is 11.9. The van der Waals surface area contributed by atoms with Crippen LogP contribution in [0.25, 0.3) is 11.0 Å². The quantitative estimate of drug-likeness (QED) is 0.389. The summed E-state index contributed by atoms with van der Waals surface area (Å²) in [5, 5.41) is 5.29. The van der Waals surface area contributed by atoms with Crippen molar-refractivity contribution in [1.29, 1.82) is 0 Å². The molecule has 2 aromatic carbocycles. The standard InChI is InChI=1S/C18H12BrClN2O3/c1-10(21-22-17(23)11-2-5-14(20)6-3-11)15-9-12-8-13(19)4-7-16(12)25-18(15)24/h2-9H,1H3,(H,22,23)/b21-10-. The lowest BCUT2D eigenvalue weighted by Gasteiger charge is -2.04. The number of halogens is 2. The average molecular weight is 420 g/mol. The van der Waals surface area contributed by atoms with Gasteiger partial charge in [-0.25, -0.2) is 10.2 Å². The summed E-state index contributed by atoms with van der Waals surface area (Å²) in [6.07, 6.45) is 0. The number of fused-ring (bicyclic) bond motifs is 1. The Morgan fingerprint density at radius 3 is 2.60 bits per heavy atom. The number of hydrogen-bond donors (Lipinski definition) is 1. The van der Waals surface area contributed by atoms with Crippen molar-refractivity contribution in [2.75, 3.05) is 0 Å². The summed E-state index contributed by atoms with van der Waals surface area (Å²) in [6, 6.07) is 13.4. The van der Waals surface area contributed by atoms with E-state index < -0.39 is 11.5 Å². The van der Waals surface area contributed by atoms with Crippen LogP contribution < -0.4 is 11.1 Å². The third kappa shape index (κ3) is 3.97. The molecule has 7 heteroatoms. The van der Waals surface area contributed by atoms with Gasteiger partial charge in [-0.15, -0.1) is 0 Å². The minimum absolute atomic E-state index is 0.280. The normalized spacial score (nSPS) is 11.6. The van der Waals surface area contributed by atoms with Crippen molar-refractivity contribution in [3.05, 3.63) is 79.6 Å². The zero-order chi connectivity index (χ0) is 18.0. The summed E-state index contributed by atoms with van der Waals surface area (Å²) >= 11 is 9.17. The van der Waals surface area contributed by atoms with Crippen LogP contribution in [0.1, 0.15) is 22.8 Å². The molecule has 0 radical (unpaired) electrons. The number of amides is 1. The number of rotatable bonds is 3. The van der Waals surface area contributed by atoms with Crippen molar-refractivity contribution in [3.63, 3.8) is 0 Å². The van der Waals surface area contributed by atoms with Gasteiger partial charge in [0, 0.05) is 20.4 Å². The number of benzene rings is 2. The second-order valence-electron chi connectivity index (χ2n) is 5.27. The zero-order valence-corrected chi connectivity index (χ0v) is 15.4. The van der Waals surface area contributed by atoms with E-state index in [1.807, 2.05) is 6.07 Å². The number of hydrogen-bond acceptors (Lipinski definition) is 4. The fraction of sp³-hybridized carbons (Fsp3) is 0.0556. The van der Waals surface area contributed by atoms with Gasteiger partial charge in [0.25, 0.3) is 5.91 Å². The van der Waals surface area contributed by atoms with Gasteiger partial charge in [0.15, 0.2) is 0 Å². The third-order valence-electron chi connectivity index (χ3n) is 3.52. The minimum Gasteiger partial charge on any atom is -0.422 e. The largest absolute Gasteiger partial charge is 0.422 e. The van der Waals surface area contributed by atoms with Crippen molar-refractivity contribution in [3.8, 4) is 0 Å². The average Bonchev–Trinajstić information content (AvgIpc) is 2.59. The Kier molecular flexibility index (Phi) is 5.01. The summed E-state index contributed by atoms with van der Waals surface area (Å²) < 4.78 is 6.16. The predicted molar refractivity (Wildman–Crippen MR) is 101 cm³/mol. The minimum atomic E-state index is -0.517. The SMILES string of the molecule is C/C(=N/NC(=O)c1ccc(Cl)cc1)c1cc2cc(Br)ccc2oc1=O. The molecule has 0 atom stereocenters. The van der Waals surface area contributed by atoms with Crippen LogP contribution >= 0.6 is 27.5 Å². The van der Waals surface area contributed by atoms with Gasteiger partial charge in [-0.3, -0.25) is 4.79 Å². The van der Waals surface area contributed by atoms with Crippen LogP contribution in [-0.2, 0) is 0 Å². The van der Waals surface area contributed by atoms with Crippen LogP contribution in [0.4, 0.5) is 0 Å². The maximum atomic E-state index is 12.1. The second kappa shape index (κ2) is 7.21. The van der Waals surface area contributed by atoms with Gasteiger partial charge in [0.2, 0.25) is 0 Å². The molecule has 1 N–H and O–H groups in total. The van der Waals surface area contributed by atoms with E-state index in [-0.39, 0.29) is 5.56 Å². The molecule has 0 fully saturated rings. The van der Waals surface area contributed by atoms with Crippen LogP contribution in [0.5, 0.6) is 0 Å². The fourth-order valence-electron chi connectivity index (χ4n) is 2.21. The first-order valence-corrected chi connectivity index (χ1v) is 8.45. The Bertz CT molecular complexity index is 1040. The van der Waals surface area contributed by atoms with Crippen molar-refractivity contribution < 1.29 is 9.21 Å². The Hall–Kier alpha value is -2.44. The van der Waals surface area contributed by atoms with Crippen molar-refractivity contribution in [1.82, 2.24) is 5.43 Å². The molecule has 3 aromatic rings. The van der Waals surface area contributed by atoms with Crippen LogP contribution in [0, 0.1) is 0 Å². The summed E-state index contributed by atoms with van der Waals surface area (Å²) in [6.45, 7) is 1.62. The monoisotopic (exact) mass is 418 g/mol. The summed E-state index contributed by atoms with van der Waals surface area (Å²) in [5.74, 6) is -0.399. The van der Waals surface area contributed by atoms with Gasteiger partial charge in [0.05, 0.1) is 11.3 Å². The zero-order valence-electron chi connectivity index (χ0n) is 13.0. The molecule has 0 unspecified atom stereocenters. The topological polar surface area (TPSA) is 71.7 Å². The van der Waals surface area contributed by atoms with E-state index in [0.29, 0.717) is 21.9 Å². The molecular weight excluding hydrogens is 408 g/mol. The molecule has 0 bridgehead atoms. The highest BCUT2D eigenvalue weighted by atomic mass is 79.9. The smallest absolute Gasteiger partial charge is 0.345 e. The van der Waals surface area contributed by atoms with E-state index in [0.717, 1.165) is 9.86 Å². The van der Waals surface area contributed by atoms with E-state index in [9.17, 15) is 9.59 Å². The number of carbonyl (C=O) groups excluding carboxylic acids is 1. The van der Waals surface area contributed by atoms with E-state index in [1.165, 1.54) is 0 Å². The molecule has 1 amide bonds. The van der Waals surface area contributed by atoms with Gasteiger partial charge < -0.3 is 4.42 Å². The fourth-order valence-corrected chi connectivity index (χ4v) is 2.71. The molecule has 0 aliphatic heterocycles. The van der Waals surface area contributed by atoms with Crippen LogP contribution in [0.15, 0.2) is 67.3 Å².